The van der Waals surface area contributed by atoms with Crippen molar-refractivity contribution in [2.45, 2.75) is 18.3 Å². The number of hydrogen-bond donors (Lipinski definition) is 1. The third kappa shape index (κ3) is 4.34. The average Bonchev–Trinajstić information content (AvgIpc) is 2.89. The Morgan fingerprint density at radius 2 is 2.13 bits per heavy atom. The number of benzene rings is 2. The molecule has 2 aromatic carbocycles. The van der Waals surface area contributed by atoms with E-state index in [1.807, 2.05) is 31.2 Å². The van der Waals surface area contributed by atoms with Crippen molar-refractivity contribution < 1.29 is 19.4 Å². The van der Waals surface area contributed by atoms with Crippen LogP contribution in [0.3, 0.4) is 0 Å². The normalized spacial score (nSPS) is 14.5. The molecule has 10 heteroatoms. The van der Waals surface area contributed by atoms with Gasteiger partial charge < -0.3 is 24.7 Å². The van der Waals surface area contributed by atoms with Gasteiger partial charge in [-0.3, -0.25) is 0 Å². The van der Waals surface area contributed by atoms with Gasteiger partial charge >= 0.3 is 0 Å². The molecule has 0 fully saturated rings. The molecule has 8 nitrogen and oxygen atoms in total. The molecular formula is C20H16BrN4O4S-. The van der Waals surface area contributed by atoms with Crippen LogP contribution in [0.15, 0.2) is 52.1 Å². The number of para-hydroxylation sites is 1. The number of carboxylic acid groups (broad SMARTS) is 1. The Hall–Kier alpha value is -2.85. The summed E-state index contributed by atoms with van der Waals surface area (Å²) < 4.78 is 12.4. The second-order valence-electron chi connectivity index (χ2n) is 6.21. The average molecular weight is 488 g/mol. The second kappa shape index (κ2) is 8.88. The van der Waals surface area contributed by atoms with E-state index in [4.69, 9.17) is 9.47 Å². The number of rotatable bonds is 6. The highest BCUT2D eigenvalue weighted by atomic mass is 79.9. The van der Waals surface area contributed by atoms with Crippen LogP contribution in [0.2, 0.25) is 0 Å². The molecule has 30 heavy (non-hydrogen) atoms. The molecular weight excluding hydrogens is 472 g/mol. The Bertz CT molecular complexity index is 1100. The van der Waals surface area contributed by atoms with E-state index in [2.05, 4.69) is 36.4 Å². The smallest absolute Gasteiger partial charge is 0.247 e. The van der Waals surface area contributed by atoms with Crippen molar-refractivity contribution in [2.24, 2.45) is 0 Å². The lowest BCUT2D eigenvalue weighted by atomic mass is 10.1. The van der Waals surface area contributed by atoms with E-state index in [1.54, 1.807) is 18.2 Å². The van der Waals surface area contributed by atoms with Gasteiger partial charge in [-0.15, -0.1) is 10.2 Å². The highest BCUT2D eigenvalue weighted by molar-refractivity contribution is 9.10. The first-order valence-corrected chi connectivity index (χ1v) is 10.8. The predicted molar refractivity (Wildman–Crippen MR) is 113 cm³/mol. The van der Waals surface area contributed by atoms with Crippen molar-refractivity contribution in [3.05, 3.63) is 52.5 Å². The van der Waals surface area contributed by atoms with E-state index in [0.29, 0.717) is 28.0 Å². The highest BCUT2D eigenvalue weighted by Gasteiger charge is 2.28. The van der Waals surface area contributed by atoms with E-state index in [0.717, 1.165) is 21.5 Å². The maximum absolute atomic E-state index is 10.9. The first kappa shape index (κ1) is 20.4. The summed E-state index contributed by atoms with van der Waals surface area (Å²) in [6.07, 6.45) is -0.710. The Kier molecular flexibility index (Phi) is 6.05. The number of carbonyl (C=O) groups excluding carboxylic acids is 1. The fourth-order valence-electron chi connectivity index (χ4n) is 2.97. The minimum Gasteiger partial charge on any atom is -0.546 e. The molecule has 1 aliphatic heterocycles. The summed E-state index contributed by atoms with van der Waals surface area (Å²) in [4.78, 5) is 15.4. The summed E-state index contributed by atoms with van der Waals surface area (Å²) in [5, 5.41) is 23.3. The van der Waals surface area contributed by atoms with Crippen LogP contribution in [0, 0.1) is 0 Å². The number of ether oxygens (including phenoxy) is 2. The Balaban J connectivity index is 1.80. The highest BCUT2D eigenvalue weighted by Crippen LogP contribution is 2.41. The Labute approximate surface area is 185 Å². The van der Waals surface area contributed by atoms with Gasteiger partial charge in [0.1, 0.15) is 12.4 Å². The van der Waals surface area contributed by atoms with Crippen molar-refractivity contribution in [2.75, 3.05) is 17.7 Å². The summed E-state index contributed by atoms with van der Waals surface area (Å²) in [5.74, 6) is 0.165. The van der Waals surface area contributed by atoms with Crippen LogP contribution < -0.4 is 19.9 Å². The van der Waals surface area contributed by atoms with Crippen molar-refractivity contribution in [1.29, 1.82) is 0 Å². The van der Waals surface area contributed by atoms with E-state index in [1.165, 1.54) is 11.8 Å². The van der Waals surface area contributed by atoms with Gasteiger partial charge in [-0.05, 0) is 30.0 Å². The van der Waals surface area contributed by atoms with Crippen LogP contribution in [0.25, 0.3) is 11.3 Å². The van der Waals surface area contributed by atoms with Crippen molar-refractivity contribution >= 4 is 39.3 Å². The predicted octanol–water partition coefficient (Wildman–Crippen LogP) is 3.04. The van der Waals surface area contributed by atoms with Gasteiger partial charge in [-0.25, -0.2) is 0 Å². The van der Waals surface area contributed by atoms with Gasteiger partial charge in [0, 0.05) is 15.7 Å². The lowest BCUT2D eigenvalue weighted by Crippen LogP contribution is -2.29. The molecule has 0 spiro atoms. The summed E-state index contributed by atoms with van der Waals surface area (Å²) in [7, 11) is 0. The molecule has 1 aliphatic rings. The van der Waals surface area contributed by atoms with Gasteiger partial charge in [-0.2, -0.15) is 4.98 Å². The largest absolute Gasteiger partial charge is 0.546 e. The number of nitrogens with zero attached hydrogens (tertiary/aromatic N) is 3. The number of hydrogen-bond acceptors (Lipinski definition) is 9. The molecule has 0 aliphatic carbocycles. The van der Waals surface area contributed by atoms with Crippen molar-refractivity contribution in [3.63, 3.8) is 0 Å². The summed E-state index contributed by atoms with van der Waals surface area (Å²) in [6, 6.07) is 12.8. The topological polar surface area (TPSA) is 109 Å². The number of carbonyl (C=O) groups is 1. The Morgan fingerprint density at radius 3 is 2.93 bits per heavy atom. The van der Waals surface area contributed by atoms with Crippen LogP contribution >= 0.6 is 27.7 Å². The van der Waals surface area contributed by atoms with Gasteiger partial charge in [0.15, 0.2) is 5.69 Å². The van der Waals surface area contributed by atoms with Gasteiger partial charge in [0.05, 0.1) is 11.5 Å². The SMILES string of the molecule is CCSc1nnc2c(n1)O[C@@H](c1cc(Br)ccc1OCC(=O)[O-])Nc1ccccc1-2. The quantitative estimate of drug-likeness (QED) is 0.524. The zero-order valence-electron chi connectivity index (χ0n) is 15.8. The molecule has 4 rings (SSSR count). The second-order valence-corrected chi connectivity index (χ2v) is 8.36. The fourth-order valence-corrected chi connectivity index (χ4v) is 3.85. The van der Waals surface area contributed by atoms with E-state index < -0.39 is 18.8 Å². The zero-order chi connectivity index (χ0) is 21.1. The monoisotopic (exact) mass is 487 g/mol. The van der Waals surface area contributed by atoms with Crippen molar-refractivity contribution in [3.8, 4) is 22.9 Å². The van der Waals surface area contributed by atoms with Crippen LogP contribution in [0.5, 0.6) is 11.6 Å². The number of fused-ring (bicyclic) bond motifs is 3. The van der Waals surface area contributed by atoms with E-state index >= 15 is 0 Å². The zero-order valence-corrected chi connectivity index (χ0v) is 18.2. The third-order valence-electron chi connectivity index (χ3n) is 4.21. The minimum atomic E-state index is -1.31. The minimum absolute atomic E-state index is 0.328. The van der Waals surface area contributed by atoms with Gasteiger partial charge in [0.25, 0.3) is 0 Å². The first-order chi connectivity index (χ1) is 14.5. The van der Waals surface area contributed by atoms with Gasteiger partial charge in [0.2, 0.25) is 17.3 Å². The standard InChI is InChI=1S/C20H17BrN4O4S/c1-2-30-20-23-19-17(24-25-20)12-5-3-4-6-14(12)22-18(29-19)13-9-11(21)7-8-15(13)28-10-16(26)27/h3-9,18,22H,2,10H2,1H3,(H,26,27)/p-1/t18-/m0/s1. The molecule has 1 N–H and O–H groups in total. The lowest BCUT2D eigenvalue weighted by molar-refractivity contribution is -0.307. The van der Waals surface area contributed by atoms with Crippen LogP contribution in [-0.2, 0) is 4.79 Å². The maximum atomic E-state index is 10.9. The molecule has 0 bridgehead atoms. The Morgan fingerprint density at radius 1 is 1.30 bits per heavy atom. The fraction of sp³-hybridized carbons (Fsp3) is 0.200. The first-order valence-electron chi connectivity index (χ1n) is 9.07. The number of halogens is 1. The molecule has 0 radical (unpaired) electrons. The molecule has 0 amide bonds. The van der Waals surface area contributed by atoms with E-state index in [9.17, 15) is 9.90 Å². The number of nitrogens with one attached hydrogen (secondary N) is 1. The third-order valence-corrected chi connectivity index (χ3v) is 5.42. The molecule has 2 heterocycles. The molecule has 0 saturated carbocycles. The maximum Gasteiger partial charge on any atom is 0.247 e. The van der Waals surface area contributed by atoms with Crippen LogP contribution in [0.4, 0.5) is 5.69 Å². The molecule has 3 aromatic rings. The van der Waals surface area contributed by atoms with Crippen LogP contribution in [0.1, 0.15) is 18.7 Å². The van der Waals surface area contributed by atoms with Gasteiger partial charge in [-0.1, -0.05) is 52.8 Å². The number of carboxylic acids is 1. The number of thioether (sulfide) groups is 1. The lowest BCUT2D eigenvalue weighted by Gasteiger charge is -2.22. The van der Waals surface area contributed by atoms with E-state index in [-0.39, 0.29) is 0 Å². The number of aromatic nitrogens is 3. The molecule has 0 saturated heterocycles. The molecule has 154 valence electrons. The summed E-state index contributed by atoms with van der Waals surface area (Å²) >= 11 is 4.91. The van der Waals surface area contributed by atoms with Crippen LogP contribution in [-0.4, -0.2) is 33.5 Å². The number of aliphatic carboxylic acids is 1. The summed E-state index contributed by atoms with van der Waals surface area (Å²) in [5.41, 5.74) is 2.69. The number of anilines is 1. The summed E-state index contributed by atoms with van der Waals surface area (Å²) in [6.45, 7) is 1.43. The van der Waals surface area contributed by atoms with Crippen molar-refractivity contribution in [1.82, 2.24) is 15.2 Å². The molecule has 0 unspecified atom stereocenters. The molecule has 1 atom stereocenters. The molecule has 1 aromatic heterocycles.